The summed E-state index contributed by atoms with van der Waals surface area (Å²) < 4.78 is 0. The topological polar surface area (TPSA) is 0 Å². The lowest BCUT2D eigenvalue weighted by atomic mass is 9.97. The van der Waals surface area contributed by atoms with E-state index < -0.39 is 0 Å². The molecule has 0 nitrogen and oxygen atoms in total. The van der Waals surface area contributed by atoms with Gasteiger partial charge in [0.2, 0.25) is 0 Å². The van der Waals surface area contributed by atoms with Crippen LogP contribution in [0, 0.1) is 5.92 Å². The Morgan fingerprint density at radius 3 is 2.42 bits per heavy atom. The molecule has 0 aliphatic heterocycles. The highest BCUT2D eigenvalue weighted by Crippen LogP contribution is 2.44. The molecule has 0 saturated carbocycles. The second-order valence-electron chi connectivity index (χ2n) is 5.97. The van der Waals surface area contributed by atoms with Gasteiger partial charge < -0.3 is 0 Å². The van der Waals surface area contributed by atoms with Crippen molar-refractivity contribution in [1.82, 2.24) is 0 Å². The summed E-state index contributed by atoms with van der Waals surface area (Å²) in [4.78, 5) is 0.601. The van der Waals surface area contributed by atoms with Crippen molar-refractivity contribution in [3.63, 3.8) is 0 Å². The predicted octanol–water partition coefficient (Wildman–Crippen LogP) is 6.44. The van der Waals surface area contributed by atoms with Gasteiger partial charge in [-0.05, 0) is 29.9 Å². The van der Waals surface area contributed by atoms with E-state index in [-0.39, 0.29) is 0 Å². The summed E-state index contributed by atoms with van der Waals surface area (Å²) >= 11 is 3.91. The van der Waals surface area contributed by atoms with Crippen LogP contribution in [0.3, 0.4) is 0 Å². The zero-order valence-electron chi connectivity index (χ0n) is 12.2. The normalized spacial score (nSPS) is 21.6. The molecule has 1 aromatic carbocycles. The molecule has 0 spiro atoms. The fourth-order valence-electron chi connectivity index (χ4n) is 3.24. The summed E-state index contributed by atoms with van der Waals surface area (Å²) in [5, 5.41) is 0. The number of alkyl halides is 1. The number of halogens is 1. The highest BCUT2D eigenvalue weighted by atomic mass is 79.9. The van der Waals surface area contributed by atoms with Crippen molar-refractivity contribution >= 4 is 15.9 Å². The first-order valence-corrected chi connectivity index (χ1v) is 8.96. The van der Waals surface area contributed by atoms with E-state index in [1.54, 1.807) is 5.56 Å². The average molecular weight is 323 g/mol. The monoisotopic (exact) mass is 322 g/mol. The van der Waals surface area contributed by atoms with Gasteiger partial charge in [-0.25, -0.2) is 0 Å². The smallest absolute Gasteiger partial charge is 0.0429 e. The molecule has 2 rings (SSSR count). The van der Waals surface area contributed by atoms with E-state index in [1.807, 2.05) is 0 Å². The molecule has 2 unspecified atom stereocenters. The van der Waals surface area contributed by atoms with E-state index in [0.717, 1.165) is 5.92 Å². The molecule has 0 amide bonds. The molecule has 0 saturated heterocycles. The highest BCUT2D eigenvalue weighted by molar-refractivity contribution is 9.09. The second kappa shape index (κ2) is 8.09. The molecule has 0 heterocycles. The third kappa shape index (κ3) is 4.34. The average Bonchev–Trinajstić information content (AvgIpc) is 2.75. The van der Waals surface area contributed by atoms with Gasteiger partial charge in [0.1, 0.15) is 0 Å². The first-order chi connectivity index (χ1) is 9.33. The van der Waals surface area contributed by atoms with Crippen LogP contribution in [0.5, 0.6) is 0 Å². The summed E-state index contributed by atoms with van der Waals surface area (Å²) in [5.41, 5.74) is 3.10. The van der Waals surface area contributed by atoms with Crippen LogP contribution in [0.25, 0.3) is 0 Å². The molecule has 1 aromatic rings. The van der Waals surface area contributed by atoms with E-state index in [1.165, 1.54) is 63.4 Å². The maximum absolute atomic E-state index is 3.91. The van der Waals surface area contributed by atoms with E-state index in [2.05, 4.69) is 47.1 Å². The molecule has 1 aliphatic carbocycles. The van der Waals surface area contributed by atoms with Gasteiger partial charge >= 0.3 is 0 Å². The highest BCUT2D eigenvalue weighted by Gasteiger charge is 2.29. The Morgan fingerprint density at radius 1 is 1.00 bits per heavy atom. The van der Waals surface area contributed by atoms with Gasteiger partial charge in [-0.1, -0.05) is 92.1 Å². The minimum Gasteiger partial charge on any atom is -0.0836 e. The molecule has 106 valence electrons. The van der Waals surface area contributed by atoms with Crippen LogP contribution in [0.4, 0.5) is 0 Å². The Bertz CT molecular complexity index is 372. The molecular formula is C18H27Br. The molecule has 0 fully saturated rings. The number of hydrogen-bond donors (Lipinski definition) is 0. The molecule has 0 aromatic heterocycles. The zero-order valence-corrected chi connectivity index (χ0v) is 13.8. The van der Waals surface area contributed by atoms with Gasteiger partial charge in [0.25, 0.3) is 0 Å². The minimum atomic E-state index is 0.601. The standard InChI is InChI=1S/C18H27Br/c1-2-3-4-5-6-7-8-12-16-14-15-11-9-10-13-17(15)18(16)19/h9-11,13,16,18H,2-8,12,14H2,1H3. The van der Waals surface area contributed by atoms with Gasteiger partial charge in [-0.2, -0.15) is 0 Å². The molecule has 0 N–H and O–H groups in total. The minimum absolute atomic E-state index is 0.601. The largest absolute Gasteiger partial charge is 0.0836 e. The van der Waals surface area contributed by atoms with Crippen LogP contribution < -0.4 is 0 Å². The Labute approximate surface area is 127 Å². The van der Waals surface area contributed by atoms with Crippen molar-refractivity contribution in [2.45, 2.75) is 69.5 Å². The van der Waals surface area contributed by atoms with Gasteiger partial charge in [0.05, 0.1) is 0 Å². The van der Waals surface area contributed by atoms with E-state index in [0.29, 0.717) is 4.83 Å². The van der Waals surface area contributed by atoms with E-state index in [4.69, 9.17) is 0 Å². The maximum atomic E-state index is 3.91. The van der Waals surface area contributed by atoms with Gasteiger partial charge in [0, 0.05) is 4.83 Å². The van der Waals surface area contributed by atoms with Crippen LogP contribution in [-0.2, 0) is 6.42 Å². The lowest BCUT2D eigenvalue weighted by Gasteiger charge is -2.14. The van der Waals surface area contributed by atoms with Crippen LogP contribution in [0.2, 0.25) is 0 Å². The number of fused-ring (bicyclic) bond motifs is 1. The van der Waals surface area contributed by atoms with Gasteiger partial charge in [-0.3, -0.25) is 0 Å². The fraction of sp³-hybridized carbons (Fsp3) is 0.667. The maximum Gasteiger partial charge on any atom is 0.0429 e. The van der Waals surface area contributed by atoms with Gasteiger partial charge in [0.15, 0.2) is 0 Å². The van der Waals surface area contributed by atoms with Crippen LogP contribution in [0.15, 0.2) is 24.3 Å². The summed E-state index contributed by atoms with van der Waals surface area (Å²) in [7, 11) is 0. The lowest BCUT2D eigenvalue weighted by molar-refractivity contribution is 0.466. The van der Waals surface area contributed by atoms with Crippen LogP contribution in [-0.4, -0.2) is 0 Å². The third-order valence-corrected chi connectivity index (χ3v) is 5.67. The molecule has 19 heavy (non-hydrogen) atoms. The number of unbranched alkanes of at least 4 members (excludes halogenated alkanes) is 6. The quantitative estimate of drug-likeness (QED) is 0.382. The Hall–Kier alpha value is -0.300. The second-order valence-corrected chi connectivity index (χ2v) is 6.96. The van der Waals surface area contributed by atoms with Crippen molar-refractivity contribution in [2.24, 2.45) is 5.92 Å². The van der Waals surface area contributed by atoms with Crippen molar-refractivity contribution in [1.29, 1.82) is 0 Å². The van der Waals surface area contributed by atoms with Crippen molar-refractivity contribution < 1.29 is 0 Å². The summed E-state index contributed by atoms with van der Waals surface area (Å²) in [6.07, 6.45) is 12.6. The molecular weight excluding hydrogens is 296 g/mol. The number of hydrogen-bond acceptors (Lipinski definition) is 0. The van der Waals surface area contributed by atoms with Crippen LogP contribution in [0.1, 0.15) is 74.2 Å². The molecule has 1 heteroatoms. The molecule has 2 atom stereocenters. The van der Waals surface area contributed by atoms with Gasteiger partial charge in [-0.15, -0.1) is 0 Å². The summed E-state index contributed by atoms with van der Waals surface area (Å²) in [6.45, 7) is 2.29. The predicted molar refractivity (Wildman–Crippen MR) is 87.9 cm³/mol. The van der Waals surface area contributed by atoms with E-state index >= 15 is 0 Å². The van der Waals surface area contributed by atoms with Crippen LogP contribution >= 0.6 is 15.9 Å². The van der Waals surface area contributed by atoms with E-state index in [9.17, 15) is 0 Å². The SMILES string of the molecule is CCCCCCCCCC1Cc2ccccc2C1Br. The van der Waals surface area contributed by atoms with Crippen molar-refractivity contribution in [3.8, 4) is 0 Å². The first-order valence-electron chi connectivity index (χ1n) is 8.04. The number of rotatable bonds is 8. The molecule has 1 aliphatic rings. The summed E-state index contributed by atoms with van der Waals surface area (Å²) in [5.74, 6) is 0.827. The summed E-state index contributed by atoms with van der Waals surface area (Å²) in [6, 6.07) is 8.94. The number of benzene rings is 1. The molecule has 0 radical (unpaired) electrons. The fourth-order valence-corrected chi connectivity index (χ4v) is 4.14. The van der Waals surface area contributed by atoms with Crippen molar-refractivity contribution in [2.75, 3.05) is 0 Å². The Kier molecular flexibility index (Phi) is 6.43. The zero-order chi connectivity index (χ0) is 13.5. The van der Waals surface area contributed by atoms with Crippen molar-refractivity contribution in [3.05, 3.63) is 35.4 Å². The Balaban J connectivity index is 1.63. The first kappa shape index (κ1) is 15.1. The third-order valence-electron chi connectivity index (χ3n) is 4.43. The lowest BCUT2D eigenvalue weighted by Crippen LogP contribution is -2.02. The molecule has 0 bridgehead atoms. The Morgan fingerprint density at radius 2 is 1.68 bits per heavy atom.